The molecule has 4 N–H and O–H groups in total. The molecular formula is C16H14FN3O. The first-order chi connectivity index (χ1) is 10.0. The van der Waals surface area contributed by atoms with Crippen LogP contribution in [0.2, 0.25) is 0 Å². The van der Waals surface area contributed by atoms with Gasteiger partial charge in [-0.25, -0.2) is 4.39 Å². The summed E-state index contributed by atoms with van der Waals surface area (Å²) in [5.74, 6) is -0.836. The molecule has 0 saturated heterocycles. The van der Waals surface area contributed by atoms with E-state index in [2.05, 4.69) is 10.3 Å². The molecule has 0 bridgehead atoms. The Kier molecular flexibility index (Phi) is 3.10. The second kappa shape index (κ2) is 4.94. The van der Waals surface area contributed by atoms with Gasteiger partial charge in [0.2, 0.25) is 0 Å². The quantitative estimate of drug-likeness (QED) is 0.630. The van der Waals surface area contributed by atoms with Gasteiger partial charge in [0.1, 0.15) is 5.82 Å². The first-order valence-corrected chi connectivity index (χ1v) is 6.49. The molecule has 1 heterocycles. The second-order valence-corrected chi connectivity index (χ2v) is 4.94. The molecule has 1 amide bonds. The summed E-state index contributed by atoms with van der Waals surface area (Å²) in [6.45, 7) is 1.79. The fourth-order valence-corrected chi connectivity index (χ4v) is 2.24. The number of rotatable bonds is 2. The predicted octanol–water partition coefficient (Wildman–Crippen LogP) is 3.45. The van der Waals surface area contributed by atoms with Gasteiger partial charge in [-0.05, 0) is 42.8 Å². The van der Waals surface area contributed by atoms with Gasteiger partial charge in [-0.1, -0.05) is 6.07 Å². The number of fused-ring (bicyclic) bond motifs is 1. The van der Waals surface area contributed by atoms with Crippen LogP contribution in [0.5, 0.6) is 0 Å². The van der Waals surface area contributed by atoms with Crippen LogP contribution in [-0.2, 0) is 0 Å². The monoisotopic (exact) mass is 283 g/mol. The molecule has 0 aliphatic carbocycles. The van der Waals surface area contributed by atoms with Crippen molar-refractivity contribution in [3.63, 3.8) is 0 Å². The van der Waals surface area contributed by atoms with Crippen LogP contribution < -0.4 is 11.1 Å². The van der Waals surface area contributed by atoms with Gasteiger partial charge in [-0.15, -0.1) is 0 Å². The summed E-state index contributed by atoms with van der Waals surface area (Å²) in [5.41, 5.74) is 8.49. The highest BCUT2D eigenvalue weighted by Crippen LogP contribution is 2.23. The van der Waals surface area contributed by atoms with E-state index in [4.69, 9.17) is 5.73 Å². The molecule has 0 spiro atoms. The van der Waals surface area contributed by atoms with Gasteiger partial charge in [-0.2, -0.15) is 0 Å². The molecule has 0 aliphatic heterocycles. The van der Waals surface area contributed by atoms with Gasteiger partial charge in [0.05, 0.1) is 11.3 Å². The summed E-state index contributed by atoms with van der Waals surface area (Å²) in [7, 11) is 0. The van der Waals surface area contributed by atoms with Crippen molar-refractivity contribution < 1.29 is 9.18 Å². The molecule has 0 radical (unpaired) electrons. The van der Waals surface area contributed by atoms with Crippen LogP contribution >= 0.6 is 0 Å². The Labute approximate surface area is 120 Å². The van der Waals surface area contributed by atoms with Crippen molar-refractivity contribution in [2.75, 3.05) is 11.1 Å². The lowest BCUT2D eigenvalue weighted by Crippen LogP contribution is -2.12. The molecule has 0 unspecified atom stereocenters. The summed E-state index contributed by atoms with van der Waals surface area (Å²) in [6.07, 6.45) is 1.59. The molecule has 1 aromatic heterocycles. The number of carbonyl (C=O) groups is 1. The van der Waals surface area contributed by atoms with Crippen LogP contribution in [0, 0.1) is 12.7 Å². The maximum absolute atomic E-state index is 13.8. The standard InChI is InChI=1S/C16H14FN3O/c1-9-2-4-15(13(17)6-9)20-16(21)12-8-19-14-5-3-10(18)7-11(12)14/h2-8,19H,18H2,1H3,(H,20,21). The number of carbonyl (C=O) groups excluding carboxylic acids is 1. The number of H-pyrrole nitrogens is 1. The van der Waals surface area contributed by atoms with Gasteiger partial charge >= 0.3 is 0 Å². The third kappa shape index (κ3) is 2.45. The number of nitrogens with one attached hydrogen (secondary N) is 2. The summed E-state index contributed by atoms with van der Waals surface area (Å²) in [5, 5.41) is 3.29. The molecule has 3 rings (SSSR count). The summed E-state index contributed by atoms with van der Waals surface area (Å²) in [6, 6.07) is 9.93. The van der Waals surface area contributed by atoms with Crippen molar-refractivity contribution in [1.82, 2.24) is 4.98 Å². The van der Waals surface area contributed by atoms with Crippen molar-refractivity contribution in [3.8, 4) is 0 Å². The molecule has 4 nitrogen and oxygen atoms in total. The Morgan fingerprint density at radius 3 is 2.81 bits per heavy atom. The number of nitrogen functional groups attached to an aromatic ring is 1. The zero-order valence-electron chi connectivity index (χ0n) is 11.4. The lowest BCUT2D eigenvalue weighted by Gasteiger charge is -2.06. The van der Waals surface area contributed by atoms with E-state index in [9.17, 15) is 9.18 Å². The summed E-state index contributed by atoms with van der Waals surface area (Å²) in [4.78, 5) is 15.3. The van der Waals surface area contributed by atoms with Crippen LogP contribution in [-0.4, -0.2) is 10.9 Å². The largest absolute Gasteiger partial charge is 0.399 e. The van der Waals surface area contributed by atoms with Gasteiger partial charge in [0.15, 0.2) is 0 Å². The van der Waals surface area contributed by atoms with Crippen LogP contribution in [0.25, 0.3) is 10.9 Å². The SMILES string of the molecule is Cc1ccc(NC(=O)c2c[nH]c3ccc(N)cc23)c(F)c1. The minimum absolute atomic E-state index is 0.156. The van der Waals surface area contributed by atoms with Crippen LogP contribution in [0.3, 0.4) is 0 Å². The molecule has 0 atom stereocenters. The zero-order valence-corrected chi connectivity index (χ0v) is 11.4. The molecule has 0 saturated carbocycles. The molecule has 3 aromatic rings. The Morgan fingerprint density at radius 1 is 1.24 bits per heavy atom. The minimum atomic E-state index is -0.456. The summed E-state index contributed by atoms with van der Waals surface area (Å²) < 4.78 is 13.8. The topological polar surface area (TPSA) is 70.9 Å². The Morgan fingerprint density at radius 2 is 2.05 bits per heavy atom. The Bertz CT molecular complexity index is 839. The van der Waals surface area contributed by atoms with Crippen molar-refractivity contribution in [2.45, 2.75) is 6.92 Å². The highest BCUT2D eigenvalue weighted by atomic mass is 19.1. The average Bonchev–Trinajstić information content (AvgIpc) is 2.85. The number of nitrogens with two attached hydrogens (primary N) is 1. The molecule has 5 heteroatoms. The molecular weight excluding hydrogens is 269 g/mol. The van der Waals surface area contributed by atoms with Gasteiger partial charge < -0.3 is 16.0 Å². The van der Waals surface area contributed by atoms with Gasteiger partial charge in [0, 0.05) is 22.8 Å². The number of halogens is 1. The summed E-state index contributed by atoms with van der Waals surface area (Å²) >= 11 is 0. The van der Waals surface area contributed by atoms with E-state index in [1.54, 1.807) is 43.5 Å². The third-order valence-electron chi connectivity index (χ3n) is 3.32. The maximum Gasteiger partial charge on any atom is 0.257 e. The fraction of sp³-hybridized carbons (Fsp3) is 0.0625. The number of aryl methyl sites for hydroxylation is 1. The number of hydrogen-bond acceptors (Lipinski definition) is 2. The molecule has 0 aliphatic rings. The normalized spacial score (nSPS) is 10.8. The van der Waals surface area contributed by atoms with E-state index < -0.39 is 5.82 Å². The Balaban J connectivity index is 1.95. The molecule has 2 aromatic carbocycles. The third-order valence-corrected chi connectivity index (χ3v) is 3.32. The van der Waals surface area contributed by atoms with E-state index >= 15 is 0 Å². The smallest absolute Gasteiger partial charge is 0.257 e. The highest BCUT2D eigenvalue weighted by Gasteiger charge is 2.14. The van der Waals surface area contributed by atoms with Crippen LogP contribution in [0.4, 0.5) is 15.8 Å². The van der Waals surface area contributed by atoms with Crippen molar-refractivity contribution in [3.05, 3.63) is 59.5 Å². The Hall–Kier alpha value is -2.82. The average molecular weight is 283 g/mol. The van der Waals surface area contributed by atoms with Gasteiger partial charge in [-0.3, -0.25) is 4.79 Å². The second-order valence-electron chi connectivity index (χ2n) is 4.94. The van der Waals surface area contributed by atoms with E-state index in [1.807, 2.05) is 0 Å². The van der Waals surface area contributed by atoms with Crippen LogP contribution in [0.1, 0.15) is 15.9 Å². The molecule has 21 heavy (non-hydrogen) atoms. The van der Waals surface area contributed by atoms with Crippen molar-refractivity contribution in [2.24, 2.45) is 0 Å². The predicted molar refractivity (Wildman–Crippen MR) is 81.8 cm³/mol. The van der Waals surface area contributed by atoms with Crippen molar-refractivity contribution >= 4 is 28.2 Å². The number of aromatic nitrogens is 1. The number of benzene rings is 2. The lowest BCUT2D eigenvalue weighted by molar-refractivity contribution is 0.102. The van der Waals surface area contributed by atoms with Crippen LogP contribution in [0.15, 0.2) is 42.6 Å². The van der Waals surface area contributed by atoms with E-state index in [1.165, 1.54) is 6.07 Å². The first-order valence-electron chi connectivity index (χ1n) is 6.49. The molecule has 0 fully saturated rings. The highest BCUT2D eigenvalue weighted by molar-refractivity contribution is 6.13. The minimum Gasteiger partial charge on any atom is -0.399 e. The number of hydrogen-bond donors (Lipinski definition) is 3. The van der Waals surface area contributed by atoms with E-state index in [0.29, 0.717) is 16.6 Å². The van der Waals surface area contributed by atoms with Crippen molar-refractivity contribution in [1.29, 1.82) is 0 Å². The van der Waals surface area contributed by atoms with E-state index in [0.717, 1.165) is 11.1 Å². The van der Waals surface area contributed by atoms with Gasteiger partial charge in [0.25, 0.3) is 5.91 Å². The fourth-order valence-electron chi connectivity index (χ4n) is 2.24. The first kappa shape index (κ1) is 13.2. The van der Waals surface area contributed by atoms with E-state index in [-0.39, 0.29) is 11.6 Å². The number of anilines is 2. The zero-order chi connectivity index (χ0) is 15.0. The maximum atomic E-state index is 13.8. The number of amides is 1. The molecule has 106 valence electrons. The lowest BCUT2D eigenvalue weighted by atomic mass is 10.1. The number of aromatic amines is 1.